The fraction of sp³-hybridized carbons (Fsp3) is 0.400. The Hall–Kier alpha value is -1.02. The van der Waals surface area contributed by atoms with E-state index in [1.54, 1.807) is 0 Å². The molecule has 1 aromatic carbocycles. The molecule has 0 fully saturated rings. The molecule has 0 saturated carbocycles. The molecule has 1 rings (SSSR count). The van der Waals surface area contributed by atoms with E-state index in [0.29, 0.717) is 17.5 Å². The number of allylic oxidation sites excluding steroid dienone is 1. The fourth-order valence-electron chi connectivity index (χ4n) is 1.59. The van der Waals surface area contributed by atoms with Crippen molar-refractivity contribution >= 4 is 23.0 Å². The number of hydrogen-bond donors (Lipinski definition) is 0. The van der Waals surface area contributed by atoms with Gasteiger partial charge in [-0.1, -0.05) is 68.1 Å². The van der Waals surface area contributed by atoms with Gasteiger partial charge in [-0.3, -0.25) is 4.79 Å². The number of carbonyl (C=O) groups is 1. The zero-order valence-corrected chi connectivity index (χ0v) is 11.4. The molecular formula is C15H20OS. The van der Waals surface area contributed by atoms with Gasteiger partial charge in [-0.2, -0.15) is 0 Å². The molecule has 0 bridgehead atoms. The topological polar surface area (TPSA) is 17.1 Å². The highest BCUT2D eigenvalue weighted by molar-refractivity contribution is 8.13. The zero-order chi connectivity index (χ0) is 12.5. The maximum absolute atomic E-state index is 11.6. The Morgan fingerprint density at radius 3 is 2.59 bits per heavy atom. The second kappa shape index (κ2) is 8.13. The van der Waals surface area contributed by atoms with Gasteiger partial charge in [0.1, 0.15) is 0 Å². The molecule has 0 aromatic heterocycles. The van der Waals surface area contributed by atoms with Crippen LogP contribution < -0.4 is 0 Å². The van der Waals surface area contributed by atoms with Crippen molar-refractivity contribution in [2.75, 3.05) is 5.75 Å². The summed E-state index contributed by atoms with van der Waals surface area (Å²) in [6.07, 6.45) is 5.93. The summed E-state index contributed by atoms with van der Waals surface area (Å²) >= 11 is 1.42. The molecule has 0 aliphatic heterocycles. The Labute approximate surface area is 108 Å². The molecule has 1 nitrogen and oxygen atoms in total. The van der Waals surface area contributed by atoms with E-state index in [9.17, 15) is 4.79 Å². The Balaban J connectivity index is 2.52. The molecule has 0 saturated heterocycles. The van der Waals surface area contributed by atoms with Crippen LogP contribution in [0.2, 0.25) is 0 Å². The summed E-state index contributed by atoms with van der Waals surface area (Å²) in [5.41, 5.74) is 1.20. The van der Waals surface area contributed by atoms with Gasteiger partial charge in [-0.15, -0.1) is 0 Å². The number of carbonyl (C=O) groups excluding carboxylic acids is 1. The summed E-state index contributed by atoms with van der Waals surface area (Å²) < 4.78 is 0. The van der Waals surface area contributed by atoms with Crippen molar-refractivity contribution in [2.24, 2.45) is 5.92 Å². The first kappa shape index (κ1) is 14.0. The molecule has 1 atom stereocenters. The van der Waals surface area contributed by atoms with Crippen LogP contribution >= 0.6 is 11.8 Å². The van der Waals surface area contributed by atoms with Crippen LogP contribution in [0, 0.1) is 5.92 Å². The average Bonchev–Trinajstić information content (AvgIpc) is 2.36. The van der Waals surface area contributed by atoms with E-state index in [1.807, 2.05) is 25.1 Å². The summed E-state index contributed by atoms with van der Waals surface area (Å²) in [6, 6.07) is 10.2. The Kier molecular flexibility index (Phi) is 6.71. The Bertz CT molecular complexity index is 356. The van der Waals surface area contributed by atoms with Crippen molar-refractivity contribution in [3.8, 4) is 0 Å². The van der Waals surface area contributed by atoms with Crippen LogP contribution in [0.15, 0.2) is 36.4 Å². The SMILES string of the molecule is CCSC(=O)C[C@@H](/C=C/c1ccccc1)CC. The standard InChI is InChI=1S/C15H20OS/c1-3-13(12-15(16)17-4-2)10-11-14-8-6-5-7-9-14/h5-11,13H,3-4,12H2,1-2H3/b11-10+/t13-/m1/s1. The zero-order valence-electron chi connectivity index (χ0n) is 10.6. The summed E-state index contributed by atoms with van der Waals surface area (Å²) in [5.74, 6) is 1.24. The first-order valence-corrected chi connectivity index (χ1v) is 7.13. The van der Waals surface area contributed by atoms with Crippen molar-refractivity contribution in [1.82, 2.24) is 0 Å². The third-order valence-corrected chi connectivity index (χ3v) is 3.40. The predicted molar refractivity (Wildman–Crippen MR) is 77.0 cm³/mol. The van der Waals surface area contributed by atoms with Crippen LogP contribution in [-0.2, 0) is 4.79 Å². The number of rotatable bonds is 6. The third-order valence-electron chi connectivity index (χ3n) is 2.62. The van der Waals surface area contributed by atoms with Crippen LogP contribution in [0.1, 0.15) is 32.3 Å². The number of benzene rings is 1. The minimum Gasteiger partial charge on any atom is -0.287 e. The van der Waals surface area contributed by atoms with E-state index < -0.39 is 0 Å². The van der Waals surface area contributed by atoms with Gasteiger partial charge in [0, 0.05) is 6.42 Å². The smallest absolute Gasteiger partial charge is 0.189 e. The second-order valence-electron chi connectivity index (χ2n) is 3.95. The highest BCUT2D eigenvalue weighted by Gasteiger charge is 2.08. The van der Waals surface area contributed by atoms with Crippen LogP contribution in [0.4, 0.5) is 0 Å². The van der Waals surface area contributed by atoms with Crippen molar-refractivity contribution in [2.45, 2.75) is 26.7 Å². The van der Waals surface area contributed by atoms with Gasteiger partial charge >= 0.3 is 0 Å². The maximum Gasteiger partial charge on any atom is 0.189 e. The lowest BCUT2D eigenvalue weighted by Crippen LogP contribution is -2.02. The predicted octanol–water partition coefficient (Wildman–Crippen LogP) is 4.40. The van der Waals surface area contributed by atoms with E-state index >= 15 is 0 Å². The molecule has 1 aromatic rings. The Morgan fingerprint density at radius 2 is 2.00 bits per heavy atom. The van der Waals surface area contributed by atoms with Crippen LogP contribution in [-0.4, -0.2) is 10.9 Å². The van der Waals surface area contributed by atoms with Crippen molar-refractivity contribution in [3.63, 3.8) is 0 Å². The summed E-state index contributed by atoms with van der Waals surface area (Å²) in [7, 11) is 0. The molecule has 2 heteroatoms. The van der Waals surface area contributed by atoms with E-state index in [0.717, 1.165) is 12.2 Å². The highest BCUT2D eigenvalue weighted by atomic mass is 32.2. The summed E-state index contributed by atoms with van der Waals surface area (Å²) in [6.45, 7) is 4.15. The molecule has 0 unspecified atom stereocenters. The van der Waals surface area contributed by atoms with Gasteiger partial charge in [0.05, 0.1) is 0 Å². The van der Waals surface area contributed by atoms with Gasteiger partial charge in [-0.25, -0.2) is 0 Å². The first-order valence-electron chi connectivity index (χ1n) is 6.15. The normalized spacial score (nSPS) is 12.8. The third kappa shape index (κ3) is 5.73. The second-order valence-corrected chi connectivity index (χ2v) is 5.27. The minimum absolute atomic E-state index is 0.303. The molecule has 17 heavy (non-hydrogen) atoms. The van der Waals surface area contributed by atoms with Gasteiger partial charge in [0.2, 0.25) is 0 Å². The molecule has 0 aliphatic rings. The molecule has 92 valence electrons. The fourth-order valence-corrected chi connectivity index (χ4v) is 2.25. The maximum atomic E-state index is 11.6. The molecule has 0 N–H and O–H groups in total. The molecule has 0 heterocycles. The van der Waals surface area contributed by atoms with E-state index in [1.165, 1.54) is 17.3 Å². The number of thioether (sulfide) groups is 1. The Morgan fingerprint density at radius 1 is 1.29 bits per heavy atom. The monoisotopic (exact) mass is 248 g/mol. The highest BCUT2D eigenvalue weighted by Crippen LogP contribution is 2.17. The van der Waals surface area contributed by atoms with E-state index in [2.05, 4.69) is 31.2 Å². The first-order chi connectivity index (χ1) is 8.26. The van der Waals surface area contributed by atoms with Crippen molar-refractivity contribution < 1.29 is 4.79 Å². The lowest BCUT2D eigenvalue weighted by molar-refractivity contribution is -0.111. The van der Waals surface area contributed by atoms with E-state index in [4.69, 9.17) is 0 Å². The molecule has 0 amide bonds. The van der Waals surface area contributed by atoms with Crippen molar-refractivity contribution in [1.29, 1.82) is 0 Å². The molecule has 0 spiro atoms. The van der Waals surface area contributed by atoms with Gasteiger partial charge in [-0.05, 0) is 23.7 Å². The van der Waals surface area contributed by atoms with Crippen LogP contribution in [0.25, 0.3) is 6.08 Å². The van der Waals surface area contributed by atoms with Gasteiger partial charge in [0.15, 0.2) is 5.12 Å². The van der Waals surface area contributed by atoms with Crippen LogP contribution in [0.3, 0.4) is 0 Å². The average molecular weight is 248 g/mol. The van der Waals surface area contributed by atoms with E-state index in [-0.39, 0.29) is 0 Å². The molecule has 0 aliphatic carbocycles. The largest absolute Gasteiger partial charge is 0.287 e. The minimum atomic E-state index is 0.303. The van der Waals surface area contributed by atoms with Crippen molar-refractivity contribution in [3.05, 3.63) is 42.0 Å². The quantitative estimate of drug-likeness (QED) is 0.742. The molecular weight excluding hydrogens is 228 g/mol. The lowest BCUT2D eigenvalue weighted by Gasteiger charge is -2.08. The summed E-state index contributed by atoms with van der Waals surface area (Å²) in [4.78, 5) is 11.6. The lowest BCUT2D eigenvalue weighted by atomic mass is 10.0. The molecule has 0 radical (unpaired) electrons. The van der Waals surface area contributed by atoms with Crippen LogP contribution in [0.5, 0.6) is 0 Å². The van der Waals surface area contributed by atoms with Gasteiger partial charge < -0.3 is 0 Å². The number of hydrogen-bond acceptors (Lipinski definition) is 2. The summed E-state index contributed by atoms with van der Waals surface area (Å²) in [5, 5.41) is 0.303. The van der Waals surface area contributed by atoms with Gasteiger partial charge in [0.25, 0.3) is 0 Å².